The minimum Gasteiger partial charge on any atom is -0.508 e. The van der Waals surface area contributed by atoms with Crippen LogP contribution in [0, 0.1) is 17.8 Å². The third-order valence-corrected chi connectivity index (χ3v) is 12.5. The molecule has 1 aromatic carbocycles. The van der Waals surface area contributed by atoms with Crippen LogP contribution in [0.5, 0.6) is 5.75 Å². The van der Waals surface area contributed by atoms with Crippen molar-refractivity contribution < 1.29 is 19.4 Å². The largest absolute Gasteiger partial charge is 0.508 e. The number of benzene rings is 2. The fraction of sp³-hybridized carbons (Fsp3) is 0.360. The summed E-state index contributed by atoms with van der Waals surface area (Å²) < 4.78 is 4.15. The summed E-state index contributed by atoms with van der Waals surface area (Å²) >= 11 is 40.8. The minimum atomic E-state index is -1.77. The summed E-state index contributed by atoms with van der Waals surface area (Å²) in [5.74, 6) is -3.37. The molecule has 0 aromatic heterocycles. The number of carbonyl (C=O) groups is 1. The van der Waals surface area contributed by atoms with Crippen LogP contribution in [-0.2, 0) is 4.79 Å². The smallest absolute Gasteiger partial charge is 0.307 e. The van der Waals surface area contributed by atoms with Gasteiger partial charge in [-0.3, -0.25) is 9.59 Å². The van der Waals surface area contributed by atoms with E-state index in [1.54, 1.807) is 12.1 Å². The van der Waals surface area contributed by atoms with E-state index >= 15 is 0 Å². The zero-order valence-electron chi connectivity index (χ0n) is 18.1. The Morgan fingerprint density at radius 3 is 2.22 bits per heavy atom. The molecule has 2 N–H and O–H groups in total. The van der Waals surface area contributed by atoms with Gasteiger partial charge in [0.1, 0.15) is 26.8 Å². The first-order chi connectivity index (χ1) is 16.8. The highest BCUT2D eigenvalue weighted by atomic mass is 35.5. The Labute approximate surface area is 234 Å². The number of fused-ring (bicyclic) bond motifs is 7. The van der Waals surface area contributed by atoms with Gasteiger partial charge in [0.2, 0.25) is 0 Å². The van der Waals surface area contributed by atoms with Crippen LogP contribution >= 0.6 is 69.6 Å². The molecule has 0 saturated heterocycles. The summed E-state index contributed by atoms with van der Waals surface area (Å²) in [4.78, 5) is 21.7. The number of phenolic OH excluding ortho intramolecular Hbond substituents is 1. The summed E-state index contributed by atoms with van der Waals surface area (Å²) in [6.07, 6.45) is 0.326. The van der Waals surface area contributed by atoms with E-state index < -0.39 is 43.7 Å². The summed E-state index contributed by atoms with van der Waals surface area (Å²) in [6.45, 7) is 0. The number of phenols is 1. The van der Waals surface area contributed by atoms with Gasteiger partial charge in [0.05, 0.1) is 16.0 Å². The summed E-state index contributed by atoms with van der Waals surface area (Å²) in [6, 6.07) is 8.92. The van der Waals surface area contributed by atoms with Crippen molar-refractivity contribution in [1.29, 1.82) is 0 Å². The molecule has 36 heavy (non-hydrogen) atoms. The molecule has 11 heteroatoms. The van der Waals surface area contributed by atoms with Gasteiger partial charge in [-0.25, -0.2) is 0 Å². The van der Waals surface area contributed by atoms with E-state index in [2.05, 4.69) is 0 Å². The zero-order chi connectivity index (χ0) is 25.9. The molecule has 4 aliphatic carbocycles. The lowest BCUT2D eigenvalue weighted by atomic mass is 9.62. The van der Waals surface area contributed by atoms with E-state index in [1.807, 2.05) is 0 Å². The number of hydrogen-bond donors (Lipinski definition) is 2. The monoisotopic (exact) mass is 606 g/mol. The second kappa shape index (κ2) is 7.84. The molecule has 2 saturated carbocycles. The van der Waals surface area contributed by atoms with Gasteiger partial charge >= 0.3 is 5.97 Å². The first-order valence-electron chi connectivity index (χ1n) is 11.1. The summed E-state index contributed by atoms with van der Waals surface area (Å²) in [5.41, 5.74) is 1.27. The van der Waals surface area contributed by atoms with Crippen molar-refractivity contribution in [2.75, 3.05) is 0 Å². The molecular formula is C25H16Cl6O5. The molecular weight excluding hydrogens is 593 g/mol. The molecule has 2 fully saturated rings. The lowest BCUT2D eigenvalue weighted by molar-refractivity contribution is -0.144. The Kier molecular flexibility index (Phi) is 5.44. The van der Waals surface area contributed by atoms with E-state index in [0.29, 0.717) is 22.1 Å². The van der Waals surface area contributed by atoms with E-state index in [0.717, 1.165) is 0 Å². The van der Waals surface area contributed by atoms with Gasteiger partial charge in [-0.05, 0) is 60.4 Å². The second-order valence-corrected chi connectivity index (χ2v) is 13.0. The van der Waals surface area contributed by atoms with Crippen molar-refractivity contribution >= 4 is 86.5 Å². The topological polar surface area (TPSA) is 87.7 Å². The predicted octanol–water partition coefficient (Wildman–Crippen LogP) is 7.26. The molecule has 0 radical (unpaired) electrons. The molecule has 0 spiro atoms. The number of carboxylic acid groups (broad SMARTS) is 1. The third kappa shape index (κ3) is 2.88. The van der Waals surface area contributed by atoms with E-state index in [4.69, 9.17) is 74.0 Å². The van der Waals surface area contributed by atoms with Gasteiger partial charge in [-0.15, -0.1) is 23.2 Å². The van der Waals surface area contributed by atoms with Crippen molar-refractivity contribution in [2.45, 2.75) is 32.8 Å². The Bertz CT molecular complexity index is 1530. The van der Waals surface area contributed by atoms with Crippen LogP contribution in [0.4, 0.5) is 0 Å². The molecule has 0 unspecified atom stereocenters. The molecule has 1 aromatic rings. The number of carboxylic acids is 1. The number of aliphatic carboxylic acids is 1. The Balaban J connectivity index is 1.61. The lowest BCUT2D eigenvalue weighted by Crippen LogP contribution is -2.45. The van der Waals surface area contributed by atoms with Crippen LogP contribution < -0.4 is 5.43 Å². The highest BCUT2D eigenvalue weighted by molar-refractivity contribution is 6.65. The number of allylic oxidation sites excluding steroid dienone is 2. The molecule has 6 rings (SSSR count). The predicted molar refractivity (Wildman–Crippen MR) is 141 cm³/mol. The lowest BCUT2D eigenvalue weighted by Gasteiger charge is -2.45. The number of rotatable bonds is 2. The maximum Gasteiger partial charge on any atom is 0.307 e. The average Bonchev–Trinajstić information content (AvgIpc) is 3.02. The quantitative estimate of drug-likeness (QED) is 0.236. The Hall–Kier alpha value is -1.34. The van der Waals surface area contributed by atoms with E-state index in [-0.39, 0.29) is 39.8 Å². The maximum atomic E-state index is 12.7. The van der Waals surface area contributed by atoms with Crippen molar-refractivity contribution in [1.82, 2.24) is 0 Å². The maximum absolute atomic E-state index is 12.7. The Morgan fingerprint density at radius 2 is 1.58 bits per heavy atom. The summed E-state index contributed by atoms with van der Waals surface area (Å²) in [7, 11) is 0. The van der Waals surface area contributed by atoms with Gasteiger partial charge in [-0.1, -0.05) is 46.4 Å². The first kappa shape index (κ1) is 25.0. The Morgan fingerprint density at radius 1 is 0.944 bits per heavy atom. The second-order valence-electron chi connectivity index (χ2n) is 9.72. The minimum absolute atomic E-state index is 0.0363. The highest BCUT2D eigenvalue weighted by Gasteiger charge is 2.83. The highest BCUT2D eigenvalue weighted by Crippen LogP contribution is 2.79. The third-order valence-electron chi connectivity index (χ3n) is 8.16. The van der Waals surface area contributed by atoms with Crippen LogP contribution in [0.3, 0.4) is 0 Å². The van der Waals surface area contributed by atoms with Crippen LogP contribution in [0.15, 0.2) is 55.7 Å². The van der Waals surface area contributed by atoms with Crippen molar-refractivity contribution in [3.8, 4) is 17.1 Å². The molecule has 5 nitrogen and oxygen atoms in total. The SMILES string of the molecule is O=C(O)[C@H]1C[C@@H]2[C@H](C[C@H]1c1c3ccc(=O)cc-3oc3cc(O)ccc13)[C@]1(Cl)C(Cl)=C(Cl)[C@]2(Cl)C1(Cl)Cl. The first-order valence-corrected chi connectivity index (χ1v) is 13.3. The molecule has 6 atom stereocenters. The summed E-state index contributed by atoms with van der Waals surface area (Å²) in [5, 5.41) is 21.1. The van der Waals surface area contributed by atoms with Crippen molar-refractivity contribution in [3.63, 3.8) is 0 Å². The molecule has 188 valence electrons. The van der Waals surface area contributed by atoms with Crippen molar-refractivity contribution in [3.05, 3.63) is 62.2 Å². The number of halogens is 6. The van der Waals surface area contributed by atoms with Crippen LogP contribution in [0.1, 0.15) is 24.3 Å². The van der Waals surface area contributed by atoms with Gasteiger partial charge in [-0.2, -0.15) is 0 Å². The fourth-order valence-corrected chi connectivity index (χ4v) is 9.73. The number of aromatic hydroxyl groups is 1. The number of hydrogen-bond acceptors (Lipinski definition) is 4. The van der Waals surface area contributed by atoms with Crippen LogP contribution in [0.2, 0.25) is 0 Å². The van der Waals surface area contributed by atoms with Gasteiger partial charge in [0, 0.05) is 23.1 Å². The van der Waals surface area contributed by atoms with Gasteiger partial charge < -0.3 is 14.6 Å². The molecule has 1 aliphatic heterocycles. The fourth-order valence-electron chi connectivity index (χ4n) is 6.62. The standard InChI is InChI=1S/C25H16Cl6O5/c26-20-21(27)24(29)16-8-14(22(34)35)13(7-15(16)23(20,28)25(24,30)31)19-11-3-1-9(32)5-17(11)36-18-6-10(33)2-4-12(18)19/h1-6,13-16,32H,7-8H2,(H,34,35)/t13-,14+,15+,16-,23+,24+/m1/s1. The van der Waals surface area contributed by atoms with Crippen molar-refractivity contribution in [2.24, 2.45) is 17.8 Å². The zero-order valence-corrected chi connectivity index (χ0v) is 22.6. The van der Waals surface area contributed by atoms with E-state index in [1.165, 1.54) is 24.3 Å². The number of alkyl halides is 4. The van der Waals surface area contributed by atoms with Crippen LogP contribution in [0.25, 0.3) is 22.3 Å². The molecule has 2 bridgehead atoms. The van der Waals surface area contributed by atoms with Gasteiger partial charge in [0.15, 0.2) is 9.76 Å². The molecule has 1 heterocycles. The molecule has 5 aliphatic rings. The molecule has 0 amide bonds. The van der Waals surface area contributed by atoms with E-state index in [9.17, 15) is 19.8 Å². The average molecular weight is 609 g/mol. The van der Waals surface area contributed by atoms with Gasteiger partial charge in [0.25, 0.3) is 0 Å². The normalized spacial score (nSPS) is 34.9. The van der Waals surface area contributed by atoms with Crippen LogP contribution in [-0.4, -0.2) is 30.3 Å².